The Kier molecular flexibility index (Phi) is 3.92. The van der Waals surface area contributed by atoms with Gasteiger partial charge in [0.15, 0.2) is 0 Å². The summed E-state index contributed by atoms with van der Waals surface area (Å²) < 4.78 is 45.8. The Labute approximate surface area is 119 Å². The Morgan fingerprint density at radius 2 is 2.05 bits per heavy atom. The first-order chi connectivity index (χ1) is 9.14. The highest BCUT2D eigenvalue weighted by Gasteiger charge is 2.42. The molecule has 1 aliphatic rings. The molecule has 0 unspecified atom stereocenters. The molecule has 1 saturated heterocycles. The maximum atomic E-state index is 13.2. The number of aryl methyl sites for hydroxylation is 1. The minimum absolute atomic E-state index is 0.154. The van der Waals surface area contributed by atoms with E-state index in [4.69, 9.17) is 4.74 Å². The first kappa shape index (κ1) is 15.4. The summed E-state index contributed by atoms with van der Waals surface area (Å²) in [5.41, 5.74) is -0.202. The molecule has 0 radical (unpaired) electrons. The lowest BCUT2D eigenvalue weighted by atomic mass is 10.1. The maximum absolute atomic E-state index is 13.2. The van der Waals surface area contributed by atoms with Crippen LogP contribution in [0.15, 0.2) is 23.1 Å². The van der Waals surface area contributed by atoms with Crippen molar-refractivity contribution in [2.24, 2.45) is 0 Å². The summed E-state index contributed by atoms with van der Waals surface area (Å²) in [6.45, 7) is 7.74. The Morgan fingerprint density at radius 1 is 1.40 bits per heavy atom. The van der Waals surface area contributed by atoms with Gasteiger partial charge in [0.25, 0.3) is 0 Å². The second-order valence-electron chi connectivity index (χ2n) is 5.88. The minimum Gasteiger partial charge on any atom is -0.375 e. The van der Waals surface area contributed by atoms with Crippen molar-refractivity contribution in [3.8, 4) is 0 Å². The monoisotopic (exact) mass is 301 g/mol. The van der Waals surface area contributed by atoms with Gasteiger partial charge in [0.05, 0.1) is 23.1 Å². The smallest absolute Gasteiger partial charge is 0.243 e. The van der Waals surface area contributed by atoms with E-state index >= 15 is 0 Å². The van der Waals surface area contributed by atoms with E-state index in [1.165, 1.54) is 22.5 Å². The van der Waals surface area contributed by atoms with E-state index in [0.717, 1.165) is 0 Å². The third kappa shape index (κ3) is 2.73. The zero-order valence-electron chi connectivity index (χ0n) is 12.2. The molecule has 1 aromatic carbocycles. The van der Waals surface area contributed by atoms with Gasteiger partial charge < -0.3 is 4.74 Å². The summed E-state index contributed by atoms with van der Waals surface area (Å²) in [5.74, 6) is -0.434. The molecule has 0 amide bonds. The topological polar surface area (TPSA) is 46.6 Å². The van der Waals surface area contributed by atoms with Gasteiger partial charge in [-0.25, -0.2) is 12.8 Å². The summed E-state index contributed by atoms with van der Waals surface area (Å²) in [6, 6.07) is 3.75. The van der Waals surface area contributed by atoms with Crippen LogP contribution < -0.4 is 0 Å². The first-order valence-electron chi connectivity index (χ1n) is 6.55. The van der Waals surface area contributed by atoms with Crippen molar-refractivity contribution >= 4 is 10.0 Å². The fraction of sp³-hybridized carbons (Fsp3) is 0.571. The number of nitrogens with zero attached hydrogens (tertiary/aromatic N) is 1. The lowest BCUT2D eigenvalue weighted by molar-refractivity contribution is -0.0551. The molecule has 1 heterocycles. The summed E-state index contributed by atoms with van der Waals surface area (Å²) in [5, 5.41) is 0. The number of hydrogen-bond acceptors (Lipinski definition) is 3. The van der Waals surface area contributed by atoms with Crippen LogP contribution in [0.25, 0.3) is 0 Å². The largest absolute Gasteiger partial charge is 0.375 e. The van der Waals surface area contributed by atoms with Crippen LogP contribution in [-0.2, 0) is 14.8 Å². The van der Waals surface area contributed by atoms with Crippen molar-refractivity contribution in [1.29, 1.82) is 0 Å². The van der Waals surface area contributed by atoms with Crippen LogP contribution in [0.2, 0.25) is 0 Å². The van der Waals surface area contributed by atoms with E-state index in [9.17, 15) is 12.8 Å². The van der Waals surface area contributed by atoms with Crippen molar-refractivity contribution in [2.45, 2.75) is 44.2 Å². The summed E-state index contributed by atoms with van der Waals surface area (Å²) in [7, 11) is -3.66. The lowest BCUT2D eigenvalue weighted by Crippen LogP contribution is -2.57. The Hall–Kier alpha value is -0.980. The number of rotatable bonds is 2. The molecule has 6 heteroatoms. The normalized spacial score (nSPS) is 23.8. The predicted molar refractivity (Wildman–Crippen MR) is 74.5 cm³/mol. The molecule has 4 nitrogen and oxygen atoms in total. The van der Waals surface area contributed by atoms with Gasteiger partial charge in [-0.3, -0.25) is 0 Å². The van der Waals surface area contributed by atoms with Crippen molar-refractivity contribution in [1.82, 2.24) is 4.31 Å². The molecular weight excluding hydrogens is 281 g/mol. The molecule has 20 heavy (non-hydrogen) atoms. The van der Waals surface area contributed by atoms with Crippen LogP contribution >= 0.6 is 0 Å². The molecule has 0 saturated carbocycles. The molecule has 1 aromatic rings. The van der Waals surface area contributed by atoms with Crippen molar-refractivity contribution in [2.75, 3.05) is 13.2 Å². The molecule has 0 aliphatic carbocycles. The number of morpholine rings is 1. The number of halogens is 1. The Balaban J connectivity index is 2.48. The van der Waals surface area contributed by atoms with Crippen LogP contribution in [0.1, 0.15) is 26.3 Å². The van der Waals surface area contributed by atoms with Gasteiger partial charge in [-0.1, -0.05) is 0 Å². The van der Waals surface area contributed by atoms with E-state index in [0.29, 0.717) is 18.7 Å². The molecular formula is C14H20FNO3S. The second kappa shape index (κ2) is 5.09. The molecule has 0 spiro atoms. The highest BCUT2D eigenvalue weighted by Crippen LogP contribution is 2.30. The number of hydrogen-bond donors (Lipinski definition) is 0. The van der Waals surface area contributed by atoms with Crippen molar-refractivity contribution < 1.29 is 17.5 Å². The van der Waals surface area contributed by atoms with Gasteiger partial charge in [-0.2, -0.15) is 4.31 Å². The van der Waals surface area contributed by atoms with E-state index in [1.807, 2.05) is 20.8 Å². The standard InChI is InChI=1S/C14H20FNO3S/c1-10-7-12(15)5-6-13(10)20(17,18)16-8-11(2)19-9-14(16,3)4/h5-7,11H,8-9H2,1-4H3/t11-/m0/s1. The lowest BCUT2D eigenvalue weighted by Gasteiger charge is -2.43. The molecule has 0 aromatic heterocycles. The molecule has 112 valence electrons. The van der Waals surface area contributed by atoms with Crippen LogP contribution in [0.5, 0.6) is 0 Å². The highest BCUT2D eigenvalue weighted by atomic mass is 32.2. The second-order valence-corrected chi connectivity index (χ2v) is 7.71. The number of ether oxygens (including phenoxy) is 1. The molecule has 1 fully saturated rings. The van der Waals surface area contributed by atoms with E-state index in [1.54, 1.807) is 6.92 Å². The quantitative estimate of drug-likeness (QED) is 0.842. The van der Waals surface area contributed by atoms with Gasteiger partial charge in [0, 0.05) is 6.54 Å². The zero-order chi connectivity index (χ0) is 15.1. The molecule has 0 bridgehead atoms. The van der Waals surface area contributed by atoms with Gasteiger partial charge >= 0.3 is 0 Å². The average molecular weight is 301 g/mol. The van der Waals surface area contributed by atoms with Crippen LogP contribution in [0.3, 0.4) is 0 Å². The van der Waals surface area contributed by atoms with Crippen molar-refractivity contribution in [3.05, 3.63) is 29.6 Å². The summed E-state index contributed by atoms with van der Waals surface area (Å²) in [6.07, 6.45) is -0.154. The Bertz CT molecular complexity index is 613. The van der Waals surface area contributed by atoms with Crippen LogP contribution in [0.4, 0.5) is 4.39 Å². The SMILES string of the molecule is Cc1cc(F)ccc1S(=O)(=O)N1C[C@H](C)OCC1(C)C. The van der Waals surface area contributed by atoms with Crippen LogP contribution in [0, 0.1) is 12.7 Å². The molecule has 2 rings (SSSR count). The van der Waals surface area contributed by atoms with Crippen LogP contribution in [-0.4, -0.2) is 37.5 Å². The molecule has 1 aliphatic heterocycles. The highest BCUT2D eigenvalue weighted by molar-refractivity contribution is 7.89. The van der Waals surface area contributed by atoms with E-state index in [-0.39, 0.29) is 11.0 Å². The summed E-state index contributed by atoms with van der Waals surface area (Å²) in [4.78, 5) is 0.154. The maximum Gasteiger partial charge on any atom is 0.243 e. The van der Waals surface area contributed by atoms with E-state index < -0.39 is 21.4 Å². The zero-order valence-corrected chi connectivity index (χ0v) is 13.0. The summed E-state index contributed by atoms with van der Waals surface area (Å²) >= 11 is 0. The fourth-order valence-electron chi connectivity index (χ4n) is 2.40. The third-order valence-corrected chi connectivity index (χ3v) is 5.76. The number of benzene rings is 1. The molecule has 0 N–H and O–H groups in total. The third-order valence-electron chi connectivity index (χ3n) is 3.52. The minimum atomic E-state index is -3.66. The van der Waals surface area contributed by atoms with Gasteiger partial charge in [-0.05, 0) is 51.5 Å². The van der Waals surface area contributed by atoms with Gasteiger partial charge in [0.1, 0.15) is 5.82 Å². The van der Waals surface area contributed by atoms with Gasteiger partial charge in [0.2, 0.25) is 10.0 Å². The van der Waals surface area contributed by atoms with Gasteiger partial charge in [-0.15, -0.1) is 0 Å². The first-order valence-corrected chi connectivity index (χ1v) is 7.99. The molecule has 1 atom stereocenters. The average Bonchev–Trinajstić information content (AvgIpc) is 2.31. The van der Waals surface area contributed by atoms with E-state index in [2.05, 4.69) is 0 Å². The predicted octanol–water partition coefficient (Wildman–Crippen LogP) is 2.32. The Morgan fingerprint density at radius 3 is 2.65 bits per heavy atom. The number of sulfonamides is 1. The van der Waals surface area contributed by atoms with Crippen molar-refractivity contribution in [3.63, 3.8) is 0 Å². The fourth-order valence-corrected chi connectivity index (χ4v) is 4.45.